The smallest absolute Gasteiger partial charge is 0.188 e. The molecule has 0 aliphatic rings. The summed E-state index contributed by atoms with van der Waals surface area (Å²) in [6.07, 6.45) is 0. The molecule has 0 saturated carbocycles. The number of nitrogens with zero attached hydrogens (tertiary/aromatic N) is 2. The molecule has 5 heteroatoms. The SMILES string of the molecule is C/C(=N/O)c1sc(Nc2ccccc2)nc1C. The lowest BCUT2D eigenvalue weighted by Gasteiger charge is -2.00. The van der Waals surface area contributed by atoms with Gasteiger partial charge in [0.2, 0.25) is 0 Å². The molecule has 2 rings (SSSR count). The van der Waals surface area contributed by atoms with Crippen molar-refractivity contribution in [2.24, 2.45) is 5.16 Å². The molecule has 17 heavy (non-hydrogen) atoms. The molecule has 4 nitrogen and oxygen atoms in total. The van der Waals surface area contributed by atoms with Crippen LogP contribution in [0.2, 0.25) is 0 Å². The van der Waals surface area contributed by atoms with Crippen LogP contribution in [0, 0.1) is 6.92 Å². The first-order valence-electron chi connectivity index (χ1n) is 5.19. The van der Waals surface area contributed by atoms with Gasteiger partial charge in [-0.15, -0.1) is 0 Å². The van der Waals surface area contributed by atoms with E-state index in [1.807, 2.05) is 37.3 Å². The Kier molecular flexibility index (Phi) is 3.39. The van der Waals surface area contributed by atoms with E-state index in [0.29, 0.717) is 5.71 Å². The summed E-state index contributed by atoms with van der Waals surface area (Å²) in [5.41, 5.74) is 2.44. The van der Waals surface area contributed by atoms with E-state index >= 15 is 0 Å². The van der Waals surface area contributed by atoms with Gasteiger partial charge in [0.05, 0.1) is 16.3 Å². The maximum Gasteiger partial charge on any atom is 0.188 e. The van der Waals surface area contributed by atoms with Crippen LogP contribution in [0.3, 0.4) is 0 Å². The summed E-state index contributed by atoms with van der Waals surface area (Å²) in [5.74, 6) is 0. The zero-order chi connectivity index (χ0) is 12.3. The van der Waals surface area contributed by atoms with Crippen LogP contribution in [0.5, 0.6) is 0 Å². The molecule has 0 amide bonds. The summed E-state index contributed by atoms with van der Waals surface area (Å²) in [6.45, 7) is 3.66. The van der Waals surface area contributed by atoms with Gasteiger partial charge in [0, 0.05) is 5.69 Å². The number of nitrogens with one attached hydrogen (secondary N) is 1. The molecule has 0 bridgehead atoms. The maximum atomic E-state index is 8.76. The van der Waals surface area contributed by atoms with Crippen molar-refractivity contribution in [3.8, 4) is 0 Å². The summed E-state index contributed by atoms with van der Waals surface area (Å²) < 4.78 is 0. The van der Waals surface area contributed by atoms with E-state index in [2.05, 4.69) is 15.5 Å². The highest BCUT2D eigenvalue weighted by molar-refractivity contribution is 7.17. The Hall–Kier alpha value is -1.88. The minimum Gasteiger partial charge on any atom is -0.411 e. The normalized spacial score (nSPS) is 11.5. The highest BCUT2D eigenvalue weighted by Gasteiger charge is 2.10. The number of aryl methyl sites for hydroxylation is 1. The molecule has 0 spiro atoms. The van der Waals surface area contributed by atoms with Crippen LogP contribution < -0.4 is 5.32 Å². The third-order valence-electron chi connectivity index (χ3n) is 2.30. The van der Waals surface area contributed by atoms with E-state index < -0.39 is 0 Å². The number of oxime groups is 1. The van der Waals surface area contributed by atoms with E-state index in [9.17, 15) is 0 Å². The van der Waals surface area contributed by atoms with Gasteiger partial charge in [-0.2, -0.15) is 0 Å². The van der Waals surface area contributed by atoms with Crippen molar-refractivity contribution in [1.82, 2.24) is 4.98 Å². The summed E-state index contributed by atoms with van der Waals surface area (Å²) in [7, 11) is 0. The minimum atomic E-state index is 0.584. The summed E-state index contributed by atoms with van der Waals surface area (Å²) in [5, 5.41) is 16.0. The molecule has 0 atom stereocenters. The third kappa shape index (κ3) is 2.62. The van der Waals surface area contributed by atoms with E-state index in [1.165, 1.54) is 11.3 Å². The lowest BCUT2D eigenvalue weighted by molar-refractivity contribution is 0.319. The molecule has 0 radical (unpaired) electrons. The Morgan fingerprint density at radius 3 is 2.71 bits per heavy atom. The van der Waals surface area contributed by atoms with Crippen LogP contribution >= 0.6 is 11.3 Å². The third-order valence-corrected chi connectivity index (χ3v) is 3.48. The molecule has 0 saturated heterocycles. The Morgan fingerprint density at radius 2 is 2.06 bits per heavy atom. The minimum absolute atomic E-state index is 0.584. The second-order valence-electron chi connectivity index (χ2n) is 3.61. The molecule has 0 fully saturated rings. The van der Waals surface area contributed by atoms with Crippen LogP contribution in [-0.4, -0.2) is 15.9 Å². The zero-order valence-electron chi connectivity index (χ0n) is 9.64. The lowest BCUT2D eigenvalue weighted by Crippen LogP contribution is -1.92. The first-order chi connectivity index (χ1) is 8.20. The largest absolute Gasteiger partial charge is 0.411 e. The molecule has 2 N–H and O–H groups in total. The van der Waals surface area contributed by atoms with E-state index in [0.717, 1.165) is 21.4 Å². The Labute approximate surface area is 104 Å². The first kappa shape index (κ1) is 11.6. The standard InChI is InChI=1S/C12H13N3OS/c1-8-11(9(2)15-16)17-12(13-8)14-10-6-4-3-5-7-10/h3-7,16H,1-2H3,(H,13,14)/b15-9-. The van der Waals surface area contributed by atoms with Gasteiger partial charge in [0.25, 0.3) is 0 Å². The predicted octanol–water partition coefficient (Wildman–Crippen LogP) is 3.39. The number of aromatic nitrogens is 1. The monoisotopic (exact) mass is 247 g/mol. The van der Waals surface area contributed by atoms with Crippen LogP contribution in [0.25, 0.3) is 0 Å². The Bertz CT molecular complexity index is 534. The van der Waals surface area contributed by atoms with E-state index in [1.54, 1.807) is 6.92 Å². The fourth-order valence-corrected chi connectivity index (χ4v) is 2.40. The van der Waals surface area contributed by atoms with Crippen molar-refractivity contribution in [3.05, 3.63) is 40.9 Å². The second kappa shape index (κ2) is 4.97. The number of hydrogen-bond donors (Lipinski definition) is 2. The summed E-state index contributed by atoms with van der Waals surface area (Å²) in [6, 6.07) is 9.84. The first-order valence-corrected chi connectivity index (χ1v) is 6.01. The van der Waals surface area contributed by atoms with Gasteiger partial charge in [0.15, 0.2) is 5.13 Å². The molecular weight excluding hydrogens is 234 g/mol. The number of rotatable bonds is 3. The number of thiazole rings is 1. The Balaban J connectivity index is 2.24. The molecular formula is C12H13N3OS. The Morgan fingerprint density at radius 1 is 1.35 bits per heavy atom. The number of hydrogen-bond acceptors (Lipinski definition) is 5. The average Bonchev–Trinajstić information content (AvgIpc) is 2.70. The highest BCUT2D eigenvalue weighted by Crippen LogP contribution is 2.26. The lowest BCUT2D eigenvalue weighted by atomic mass is 10.3. The maximum absolute atomic E-state index is 8.76. The molecule has 0 aliphatic carbocycles. The van der Waals surface area contributed by atoms with Gasteiger partial charge in [-0.05, 0) is 26.0 Å². The van der Waals surface area contributed by atoms with Gasteiger partial charge in [0.1, 0.15) is 0 Å². The van der Waals surface area contributed by atoms with Crippen molar-refractivity contribution in [1.29, 1.82) is 0 Å². The van der Waals surface area contributed by atoms with Crippen molar-refractivity contribution in [2.75, 3.05) is 5.32 Å². The molecule has 88 valence electrons. The zero-order valence-corrected chi connectivity index (χ0v) is 10.5. The van der Waals surface area contributed by atoms with E-state index in [4.69, 9.17) is 5.21 Å². The van der Waals surface area contributed by atoms with Gasteiger partial charge >= 0.3 is 0 Å². The topological polar surface area (TPSA) is 57.5 Å². The molecule has 0 unspecified atom stereocenters. The molecule has 1 aromatic heterocycles. The summed E-state index contributed by atoms with van der Waals surface area (Å²) >= 11 is 1.47. The average molecular weight is 247 g/mol. The molecule has 0 aliphatic heterocycles. The van der Waals surface area contributed by atoms with Crippen LogP contribution in [0.1, 0.15) is 17.5 Å². The summed E-state index contributed by atoms with van der Waals surface area (Å²) in [4.78, 5) is 5.28. The fourth-order valence-electron chi connectivity index (χ4n) is 1.48. The number of anilines is 2. The van der Waals surface area contributed by atoms with Gasteiger partial charge in [-0.25, -0.2) is 4.98 Å². The molecule has 2 aromatic rings. The van der Waals surface area contributed by atoms with Gasteiger partial charge in [-0.3, -0.25) is 0 Å². The van der Waals surface area contributed by atoms with Gasteiger partial charge < -0.3 is 10.5 Å². The van der Waals surface area contributed by atoms with Crippen LogP contribution in [0.15, 0.2) is 35.5 Å². The number of para-hydroxylation sites is 1. The predicted molar refractivity (Wildman–Crippen MR) is 70.6 cm³/mol. The quantitative estimate of drug-likeness (QED) is 0.496. The fraction of sp³-hybridized carbons (Fsp3) is 0.167. The van der Waals surface area contributed by atoms with Crippen molar-refractivity contribution in [2.45, 2.75) is 13.8 Å². The van der Waals surface area contributed by atoms with Gasteiger partial charge in [-0.1, -0.05) is 34.7 Å². The van der Waals surface area contributed by atoms with Crippen molar-refractivity contribution in [3.63, 3.8) is 0 Å². The highest BCUT2D eigenvalue weighted by atomic mass is 32.1. The number of benzene rings is 1. The molecule has 1 aromatic carbocycles. The van der Waals surface area contributed by atoms with Crippen molar-refractivity contribution < 1.29 is 5.21 Å². The van der Waals surface area contributed by atoms with E-state index in [-0.39, 0.29) is 0 Å². The molecule has 1 heterocycles. The second-order valence-corrected chi connectivity index (χ2v) is 4.61. The van der Waals surface area contributed by atoms with Crippen LogP contribution in [0.4, 0.5) is 10.8 Å². The van der Waals surface area contributed by atoms with Crippen molar-refractivity contribution >= 4 is 27.9 Å². The van der Waals surface area contributed by atoms with Crippen LogP contribution in [-0.2, 0) is 0 Å².